The van der Waals surface area contributed by atoms with Crippen LogP contribution in [0.2, 0.25) is 0 Å². The van der Waals surface area contributed by atoms with Crippen molar-refractivity contribution in [2.24, 2.45) is 0 Å². The molecule has 1 nitrogen and oxygen atoms in total. The van der Waals surface area contributed by atoms with E-state index in [0.29, 0.717) is 5.41 Å². The van der Waals surface area contributed by atoms with Gasteiger partial charge >= 0.3 is 0 Å². The second-order valence-electron chi connectivity index (χ2n) is 8.66. The van der Waals surface area contributed by atoms with Crippen molar-refractivity contribution in [3.63, 3.8) is 0 Å². The van der Waals surface area contributed by atoms with Gasteiger partial charge in [0.1, 0.15) is 0 Å². The standard InChI is InChI=1S/C19H29N/c1-18(2,3)15-9-14-12-20(6)11-13-7-8-19(4,5)16(10-15)17(13)14/h9-10,13H,7-8,11-12H2,1-6H3. The second kappa shape index (κ2) is 4.34. The lowest BCUT2D eigenvalue weighted by molar-refractivity contribution is 0.248. The number of likely N-dealkylation sites (N-methyl/N-ethyl adjacent to an activating group) is 1. The van der Waals surface area contributed by atoms with Gasteiger partial charge in [0.05, 0.1) is 0 Å². The Balaban J connectivity index is 2.23. The van der Waals surface area contributed by atoms with Gasteiger partial charge in [-0.1, -0.05) is 46.8 Å². The number of benzene rings is 1. The van der Waals surface area contributed by atoms with Gasteiger partial charge in [-0.2, -0.15) is 0 Å². The Morgan fingerprint density at radius 3 is 2.55 bits per heavy atom. The Hall–Kier alpha value is -0.820. The van der Waals surface area contributed by atoms with Crippen molar-refractivity contribution in [1.29, 1.82) is 0 Å². The first-order chi connectivity index (χ1) is 9.18. The van der Waals surface area contributed by atoms with Gasteiger partial charge in [-0.15, -0.1) is 0 Å². The fourth-order valence-corrected chi connectivity index (χ4v) is 4.05. The lowest BCUT2D eigenvalue weighted by Crippen LogP contribution is -2.37. The zero-order chi connectivity index (χ0) is 14.7. The summed E-state index contributed by atoms with van der Waals surface area (Å²) in [6.45, 7) is 14.2. The summed E-state index contributed by atoms with van der Waals surface area (Å²) in [6, 6.07) is 5.01. The number of nitrogens with zero attached hydrogens (tertiary/aromatic N) is 1. The topological polar surface area (TPSA) is 3.24 Å². The van der Waals surface area contributed by atoms with E-state index < -0.39 is 0 Å². The first kappa shape index (κ1) is 14.1. The zero-order valence-electron chi connectivity index (χ0n) is 14.0. The normalized spacial score (nSPS) is 25.4. The third-order valence-electron chi connectivity index (χ3n) is 5.36. The van der Waals surface area contributed by atoms with Crippen molar-refractivity contribution < 1.29 is 0 Å². The van der Waals surface area contributed by atoms with Crippen LogP contribution in [-0.2, 0) is 17.4 Å². The molecule has 3 rings (SSSR count). The summed E-state index contributed by atoms with van der Waals surface area (Å²) in [4.78, 5) is 2.50. The molecule has 0 saturated carbocycles. The Bertz CT molecular complexity index is 533. The molecule has 20 heavy (non-hydrogen) atoms. The molecular weight excluding hydrogens is 242 g/mol. The van der Waals surface area contributed by atoms with E-state index in [9.17, 15) is 0 Å². The number of hydrogen-bond donors (Lipinski definition) is 0. The summed E-state index contributed by atoms with van der Waals surface area (Å²) < 4.78 is 0. The van der Waals surface area contributed by atoms with Crippen LogP contribution in [0, 0.1) is 0 Å². The highest BCUT2D eigenvalue weighted by molar-refractivity contribution is 5.49. The molecule has 1 heterocycles. The summed E-state index contributed by atoms with van der Waals surface area (Å²) in [5, 5.41) is 0. The maximum atomic E-state index is 2.52. The average Bonchev–Trinajstić information content (AvgIpc) is 2.32. The third-order valence-corrected chi connectivity index (χ3v) is 5.36. The lowest BCUT2D eigenvalue weighted by Gasteiger charge is -2.44. The monoisotopic (exact) mass is 271 g/mol. The van der Waals surface area contributed by atoms with Gasteiger partial charge in [-0.25, -0.2) is 0 Å². The first-order valence-electron chi connectivity index (χ1n) is 8.05. The van der Waals surface area contributed by atoms with E-state index in [1.165, 1.54) is 24.9 Å². The van der Waals surface area contributed by atoms with Crippen molar-refractivity contribution in [2.75, 3.05) is 13.6 Å². The molecule has 0 radical (unpaired) electrons. The van der Waals surface area contributed by atoms with Crippen molar-refractivity contribution >= 4 is 0 Å². The molecule has 1 aliphatic carbocycles. The lowest BCUT2D eigenvalue weighted by atomic mass is 9.65. The number of rotatable bonds is 0. The fraction of sp³-hybridized carbons (Fsp3) is 0.684. The van der Waals surface area contributed by atoms with E-state index >= 15 is 0 Å². The van der Waals surface area contributed by atoms with E-state index in [-0.39, 0.29) is 5.41 Å². The highest BCUT2D eigenvalue weighted by Gasteiger charge is 2.37. The van der Waals surface area contributed by atoms with Crippen molar-refractivity contribution in [2.45, 2.75) is 70.8 Å². The maximum absolute atomic E-state index is 2.52. The van der Waals surface area contributed by atoms with Gasteiger partial charge in [0.25, 0.3) is 0 Å². The molecule has 1 unspecified atom stereocenters. The molecular formula is C19H29N. The van der Waals surface area contributed by atoms with Crippen LogP contribution in [0.15, 0.2) is 12.1 Å². The molecule has 0 saturated heterocycles. The van der Waals surface area contributed by atoms with Gasteiger partial charge in [0.2, 0.25) is 0 Å². The molecule has 1 aromatic rings. The van der Waals surface area contributed by atoms with Crippen LogP contribution in [0.5, 0.6) is 0 Å². The summed E-state index contributed by atoms with van der Waals surface area (Å²) in [7, 11) is 2.27. The quantitative estimate of drug-likeness (QED) is 0.667. The molecule has 0 bridgehead atoms. The fourth-order valence-electron chi connectivity index (χ4n) is 4.05. The maximum Gasteiger partial charge on any atom is 0.0233 e. The molecule has 1 heteroatoms. The number of hydrogen-bond acceptors (Lipinski definition) is 1. The summed E-state index contributed by atoms with van der Waals surface area (Å²) in [6.07, 6.45) is 2.68. The van der Waals surface area contributed by atoms with Crippen LogP contribution in [0.3, 0.4) is 0 Å². The summed E-state index contributed by atoms with van der Waals surface area (Å²) in [5.41, 5.74) is 7.04. The zero-order valence-corrected chi connectivity index (χ0v) is 14.0. The SMILES string of the molecule is CN1Cc2cc(C(C)(C)C)cc3c2C(CCC3(C)C)C1. The van der Waals surface area contributed by atoms with E-state index in [2.05, 4.69) is 58.7 Å². The van der Waals surface area contributed by atoms with E-state index in [1.807, 2.05) is 0 Å². The smallest absolute Gasteiger partial charge is 0.0233 e. The van der Waals surface area contributed by atoms with Crippen LogP contribution >= 0.6 is 0 Å². The second-order valence-corrected chi connectivity index (χ2v) is 8.66. The van der Waals surface area contributed by atoms with Gasteiger partial charge in [0.15, 0.2) is 0 Å². The molecule has 1 aliphatic heterocycles. The van der Waals surface area contributed by atoms with E-state index in [4.69, 9.17) is 0 Å². The summed E-state index contributed by atoms with van der Waals surface area (Å²) >= 11 is 0. The van der Waals surface area contributed by atoms with Crippen LogP contribution in [-0.4, -0.2) is 18.5 Å². The largest absolute Gasteiger partial charge is 0.301 e. The van der Waals surface area contributed by atoms with Gasteiger partial charge in [0, 0.05) is 13.1 Å². The molecule has 0 N–H and O–H groups in total. The molecule has 1 aromatic carbocycles. The molecule has 2 aliphatic rings. The van der Waals surface area contributed by atoms with E-state index in [0.717, 1.165) is 12.5 Å². The molecule has 0 amide bonds. The molecule has 1 atom stereocenters. The highest BCUT2D eigenvalue weighted by Crippen LogP contribution is 2.47. The molecule has 0 fully saturated rings. The predicted octanol–water partition coefficient (Wildman–Crippen LogP) is 4.58. The van der Waals surface area contributed by atoms with E-state index in [1.54, 1.807) is 16.7 Å². The molecule has 110 valence electrons. The Morgan fingerprint density at radius 1 is 1.20 bits per heavy atom. The van der Waals surface area contributed by atoms with Crippen LogP contribution < -0.4 is 0 Å². The predicted molar refractivity (Wildman–Crippen MR) is 86.5 cm³/mol. The Kier molecular flexibility index (Phi) is 3.06. The molecule has 0 spiro atoms. The Labute approximate surface area is 124 Å². The van der Waals surface area contributed by atoms with Gasteiger partial charge in [-0.05, 0) is 58.9 Å². The van der Waals surface area contributed by atoms with Gasteiger partial charge < -0.3 is 4.90 Å². The average molecular weight is 271 g/mol. The van der Waals surface area contributed by atoms with Crippen LogP contribution in [0.25, 0.3) is 0 Å². The van der Waals surface area contributed by atoms with Crippen molar-refractivity contribution in [3.05, 3.63) is 34.4 Å². The van der Waals surface area contributed by atoms with Crippen LogP contribution in [0.1, 0.15) is 75.6 Å². The third kappa shape index (κ3) is 2.20. The minimum atomic E-state index is 0.241. The minimum absolute atomic E-state index is 0.241. The highest BCUT2D eigenvalue weighted by atomic mass is 15.1. The Morgan fingerprint density at radius 2 is 1.90 bits per heavy atom. The first-order valence-corrected chi connectivity index (χ1v) is 8.05. The minimum Gasteiger partial charge on any atom is -0.301 e. The van der Waals surface area contributed by atoms with Gasteiger partial charge in [-0.3, -0.25) is 0 Å². The van der Waals surface area contributed by atoms with Crippen molar-refractivity contribution in [3.8, 4) is 0 Å². The van der Waals surface area contributed by atoms with Crippen molar-refractivity contribution in [1.82, 2.24) is 4.90 Å². The molecule has 0 aromatic heterocycles. The van der Waals surface area contributed by atoms with Crippen LogP contribution in [0.4, 0.5) is 0 Å². The summed E-state index contributed by atoms with van der Waals surface area (Å²) in [5.74, 6) is 0.765.